The monoisotopic (exact) mass is 330 g/mol. The molecule has 3 aromatic rings. The minimum absolute atomic E-state index is 0.134. The number of fused-ring (bicyclic) bond motifs is 1. The number of methoxy groups -OCH3 is 2. The number of ether oxygens (including phenoxy) is 3. The molecule has 0 saturated carbocycles. The second-order valence-electron chi connectivity index (χ2n) is 4.60. The molecule has 0 aliphatic carbocycles. The number of rotatable bonds is 6. The summed E-state index contributed by atoms with van der Waals surface area (Å²) < 4.78 is 15.9. The van der Waals surface area contributed by atoms with Gasteiger partial charge >= 0.3 is 0 Å². The molecule has 0 atom stereocenters. The van der Waals surface area contributed by atoms with Crippen LogP contribution in [0.3, 0.4) is 0 Å². The summed E-state index contributed by atoms with van der Waals surface area (Å²) in [5.41, 5.74) is 0.434. The summed E-state index contributed by atoms with van der Waals surface area (Å²) in [6.07, 6.45) is 1.42. The number of ketones is 1. The van der Waals surface area contributed by atoms with Gasteiger partial charge in [0.2, 0.25) is 11.7 Å². The molecule has 7 heteroatoms. The van der Waals surface area contributed by atoms with Gasteiger partial charge in [-0.1, -0.05) is 0 Å². The lowest BCUT2D eigenvalue weighted by atomic mass is 10.1. The fourth-order valence-corrected chi connectivity index (χ4v) is 2.85. The zero-order valence-electron chi connectivity index (χ0n) is 12.6. The van der Waals surface area contributed by atoms with Crippen molar-refractivity contribution in [3.8, 4) is 17.4 Å². The molecular weight excluding hydrogens is 316 g/mol. The molecule has 0 spiro atoms. The van der Waals surface area contributed by atoms with Gasteiger partial charge in [-0.3, -0.25) is 4.79 Å². The lowest BCUT2D eigenvalue weighted by Crippen LogP contribution is -2.13. The van der Waals surface area contributed by atoms with Gasteiger partial charge in [0.15, 0.2) is 6.61 Å². The highest BCUT2D eigenvalue weighted by Crippen LogP contribution is 2.27. The van der Waals surface area contributed by atoms with Crippen molar-refractivity contribution in [1.29, 1.82) is 0 Å². The van der Waals surface area contributed by atoms with Gasteiger partial charge in [-0.25, -0.2) is 9.97 Å². The maximum Gasteiger partial charge on any atom is 0.225 e. The third-order valence-corrected chi connectivity index (χ3v) is 4.10. The number of Topliss-reactive ketones (excluding diaryl/α,β-unsaturated/α-hetero) is 1. The van der Waals surface area contributed by atoms with Crippen LogP contribution in [0.4, 0.5) is 0 Å². The van der Waals surface area contributed by atoms with E-state index in [0.29, 0.717) is 22.9 Å². The van der Waals surface area contributed by atoms with Crippen molar-refractivity contribution in [2.24, 2.45) is 0 Å². The average Bonchev–Trinajstić information content (AvgIpc) is 3.08. The largest absolute Gasteiger partial charge is 0.497 e. The van der Waals surface area contributed by atoms with Crippen molar-refractivity contribution < 1.29 is 19.0 Å². The Kier molecular flexibility index (Phi) is 4.38. The Morgan fingerprint density at radius 1 is 1.17 bits per heavy atom. The van der Waals surface area contributed by atoms with Crippen molar-refractivity contribution >= 4 is 27.3 Å². The number of carbonyl (C=O) groups excluding carboxylic acids is 1. The molecule has 0 fully saturated rings. The summed E-state index contributed by atoms with van der Waals surface area (Å²) in [6, 6.07) is 6.89. The van der Waals surface area contributed by atoms with E-state index < -0.39 is 0 Å². The highest BCUT2D eigenvalue weighted by molar-refractivity contribution is 7.16. The number of thiophene rings is 1. The first kappa shape index (κ1) is 15.2. The fraction of sp³-hybridized carbons (Fsp3) is 0.188. The van der Waals surface area contributed by atoms with E-state index in [0.717, 1.165) is 10.2 Å². The zero-order chi connectivity index (χ0) is 16.2. The summed E-state index contributed by atoms with van der Waals surface area (Å²) in [6.45, 7) is -0.134. The first-order valence-electron chi connectivity index (χ1n) is 6.79. The van der Waals surface area contributed by atoms with Crippen LogP contribution in [0.25, 0.3) is 10.2 Å². The van der Waals surface area contributed by atoms with Gasteiger partial charge in [0.05, 0.1) is 25.2 Å². The van der Waals surface area contributed by atoms with Crippen LogP contribution in [0, 0.1) is 0 Å². The Morgan fingerprint density at radius 3 is 2.83 bits per heavy atom. The summed E-state index contributed by atoms with van der Waals surface area (Å²) in [4.78, 5) is 21.4. The van der Waals surface area contributed by atoms with E-state index >= 15 is 0 Å². The van der Waals surface area contributed by atoms with Crippen molar-refractivity contribution in [3.63, 3.8) is 0 Å². The normalized spacial score (nSPS) is 10.5. The lowest BCUT2D eigenvalue weighted by Gasteiger charge is -2.10. The molecular formula is C16H14N2O4S. The molecule has 0 aliphatic heterocycles. The van der Waals surface area contributed by atoms with E-state index in [1.165, 1.54) is 24.8 Å². The molecule has 0 N–H and O–H groups in total. The molecule has 6 nitrogen and oxygen atoms in total. The van der Waals surface area contributed by atoms with Gasteiger partial charge in [-0.05, 0) is 23.6 Å². The summed E-state index contributed by atoms with van der Waals surface area (Å²) >= 11 is 1.49. The molecule has 0 saturated heterocycles. The molecule has 0 radical (unpaired) electrons. The Bertz CT molecular complexity index is 847. The van der Waals surface area contributed by atoms with Crippen molar-refractivity contribution in [1.82, 2.24) is 9.97 Å². The third kappa shape index (κ3) is 3.09. The predicted octanol–water partition coefficient (Wildman–Crippen LogP) is 2.97. The summed E-state index contributed by atoms with van der Waals surface area (Å²) in [5, 5.41) is 2.70. The van der Waals surface area contributed by atoms with E-state index in [1.807, 2.05) is 11.4 Å². The van der Waals surface area contributed by atoms with Crippen LogP contribution in [0.1, 0.15) is 10.4 Å². The van der Waals surface area contributed by atoms with Crippen molar-refractivity contribution in [2.75, 3.05) is 20.8 Å². The molecule has 0 aliphatic rings. The molecule has 3 rings (SSSR count). The Morgan fingerprint density at radius 2 is 2.04 bits per heavy atom. The third-order valence-electron chi connectivity index (χ3n) is 3.27. The smallest absolute Gasteiger partial charge is 0.225 e. The van der Waals surface area contributed by atoms with E-state index in [4.69, 9.17) is 14.2 Å². The highest BCUT2D eigenvalue weighted by Gasteiger charge is 2.15. The SMILES string of the molecule is COc1ccc(C(=O)COc2ncnc3sccc23)c(OC)c1. The number of hydrogen-bond donors (Lipinski definition) is 0. The quantitative estimate of drug-likeness (QED) is 0.647. The first-order valence-corrected chi connectivity index (χ1v) is 7.67. The molecule has 0 unspecified atom stereocenters. The van der Waals surface area contributed by atoms with Gasteiger partial charge in [-0.15, -0.1) is 11.3 Å². The van der Waals surface area contributed by atoms with Crippen LogP contribution >= 0.6 is 11.3 Å². The zero-order valence-corrected chi connectivity index (χ0v) is 13.4. The molecule has 23 heavy (non-hydrogen) atoms. The number of hydrogen-bond acceptors (Lipinski definition) is 7. The summed E-state index contributed by atoms with van der Waals surface area (Å²) in [7, 11) is 3.06. The molecule has 2 heterocycles. The minimum Gasteiger partial charge on any atom is -0.497 e. The van der Waals surface area contributed by atoms with Gasteiger partial charge in [0.1, 0.15) is 22.7 Å². The van der Waals surface area contributed by atoms with Crippen LogP contribution in [0.2, 0.25) is 0 Å². The van der Waals surface area contributed by atoms with E-state index in [9.17, 15) is 4.79 Å². The van der Waals surface area contributed by atoms with E-state index in [2.05, 4.69) is 9.97 Å². The number of aromatic nitrogens is 2. The van der Waals surface area contributed by atoms with Crippen LogP contribution in [0.15, 0.2) is 36.0 Å². The van der Waals surface area contributed by atoms with Crippen LogP contribution in [-0.4, -0.2) is 36.6 Å². The minimum atomic E-state index is -0.202. The average molecular weight is 330 g/mol. The fourth-order valence-electron chi connectivity index (χ4n) is 2.12. The van der Waals surface area contributed by atoms with Crippen molar-refractivity contribution in [2.45, 2.75) is 0 Å². The Hall–Kier alpha value is -2.67. The molecule has 2 aromatic heterocycles. The van der Waals surface area contributed by atoms with Gasteiger partial charge in [-0.2, -0.15) is 0 Å². The number of carbonyl (C=O) groups is 1. The predicted molar refractivity (Wildman–Crippen MR) is 86.8 cm³/mol. The standard InChI is InChI=1S/C16H14N2O4S/c1-20-10-3-4-11(14(7-10)21-2)13(19)8-22-15-12-5-6-23-16(12)18-9-17-15/h3-7,9H,8H2,1-2H3. The molecule has 118 valence electrons. The highest BCUT2D eigenvalue weighted by atomic mass is 32.1. The van der Waals surface area contributed by atoms with Gasteiger partial charge in [0.25, 0.3) is 0 Å². The number of nitrogens with zero attached hydrogens (tertiary/aromatic N) is 2. The second kappa shape index (κ2) is 6.62. The maximum atomic E-state index is 12.4. The molecule has 0 amide bonds. The van der Waals surface area contributed by atoms with Crippen molar-refractivity contribution in [3.05, 3.63) is 41.5 Å². The molecule has 1 aromatic carbocycles. The van der Waals surface area contributed by atoms with Crippen LogP contribution < -0.4 is 14.2 Å². The summed E-state index contributed by atoms with van der Waals surface area (Å²) in [5.74, 6) is 1.26. The van der Waals surface area contributed by atoms with E-state index in [1.54, 1.807) is 25.3 Å². The Labute approximate surface area is 136 Å². The topological polar surface area (TPSA) is 70.5 Å². The molecule has 0 bridgehead atoms. The van der Waals surface area contributed by atoms with E-state index in [-0.39, 0.29) is 12.4 Å². The first-order chi connectivity index (χ1) is 11.2. The van der Waals surface area contributed by atoms with Gasteiger partial charge in [0, 0.05) is 6.07 Å². The Balaban J connectivity index is 1.78. The lowest BCUT2D eigenvalue weighted by molar-refractivity contribution is 0.0916. The van der Waals surface area contributed by atoms with Crippen LogP contribution in [0.5, 0.6) is 17.4 Å². The maximum absolute atomic E-state index is 12.4. The van der Waals surface area contributed by atoms with Gasteiger partial charge < -0.3 is 14.2 Å². The number of benzene rings is 1. The second-order valence-corrected chi connectivity index (χ2v) is 5.49. The van der Waals surface area contributed by atoms with Crippen LogP contribution in [-0.2, 0) is 0 Å².